The second kappa shape index (κ2) is 8.78. The summed E-state index contributed by atoms with van der Waals surface area (Å²) in [6.07, 6.45) is 6.62. The van der Waals surface area contributed by atoms with Crippen LogP contribution in [0.15, 0.2) is 48.5 Å². The SMILES string of the molecule is CN(Cc1ccccc1NC(=O)[C@@H]1CC(=O)Nc2ccccc21)C1CCCCC1. The van der Waals surface area contributed by atoms with Crippen LogP contribution < -0.4 is 10.6 Å². The minimum Gasteiger partial charge on any atom is -0.326 e. The molecule has 2 N–H and O–H groups in total. The third kappa shape index (κ3) is 4.51. The van der Waals surface area contributed by atoms with Crippen molar-refractivity contribution in [1.29, 1.82) is 0 Å². The van der Waals surface area contributed by atoms with E-state index in [0.717, 1.165) is 29.0 Å². The summed E-state index contributed by atoms with van der Waals surface area (Å²) >= 11 is 0. The Morgan fingerprint density at radius 3 is 2.62 bits per heavy atom. The van der Waals surface area contributed by atoms with Gasteiger partial charge in [0.25, 0.3) is 0 Å². The van der Waals surface area contributed by atoms with Crippen molar-refractivity contribution in [1.82, 2.24) is 4.90 Å². The van der Waals surface area contributed by atoms with Crippen LogP contribution in [-0.4, -0.2) is 29.8 Å². The summed E-state index contributed by atoms with van der Waals surface area (Å²) in [7, 11) is 2.18. The molecule has 5 nitrogen and oxygen atoms in total. The number of fused-ring (bicyclic) bond motifs is 1. The number of anilines is 2. The van der Waals surface area contributed by atoms with Crippen LogP contribution in [0.1, 0.15) is 55.6 Å². The first-order valence-electron chi connectivity index (χ1n) is 10.6. The van der Waals surface area contributed by atoms with E-state index in [1.807, 2.05) is 42.5 Å². The number of benzene rings is 2. The molecule has 1 saturated carbocycles. The van der Waals surface area contributed by atoms with Gasteiger partial charge in [-0.3, -0.25) is 14.5 Å². The lowest BCUT2D eigenvalue weighted by molar-refractivity contribution is -0.123. The van der Waals surface area contributed by atoms with Gasteiger partial charge in [0, 0.05) is 30.4 Å². The highest BCUT2D eigenvalue weighted by atomic mass is 16.2. The van der Waals surface area contributed by atoms with Crippen LogP contribution in [0, 0.1) is 0 Å². The maximum Gasteiger partial charge on any atom is 0.232 e. The molecule has 1 heterocycles. The summed E-state index contributed by atoms with van der Waals surface area (Å²) in [6, 6.07) is 16.2. The van der Waals surface area contributed by atoms with Gasteiger partial charge < -0.3 is 10.6 Å². The highest BCUT2D eigenvalue weighted by Gasteiger charge is 2.30. The summed E-state index contributed by atoms with van der Waals surface area (Å²) in [5.74, 6) is -0.710. The average Bonchev–Trinajstić information content (AvgIpc) is 2.75. The molecule has 2 aliphatic rings. The maximum atomic E-state index is 13.1. The Morgan fingerprint density at radius 1 is 1.07 bits per heavy atom. The number of hydrogen-bond acceptors (Lipinski definition) is 3. The molecule has 1 aliphatic heterocycles. The number of carbonyl (C=O) groups is 2. The Bertz CT molecular complexity index is 889. The molecule has 2 aromatic rings. The van der Waals surface area contributed by atoms with Crippen LogP contribution in [0.5, 0.6) is 0 Å². The number of para-hydroxylation sites is 2. The Labute approximate surface area is 172 Å². The van der Waals surface area contributed by atoms with Gasteiger partial charge in [-0.2, -0.15) is 0 Å². The minimum absolute atomic E-state index is 0.117. The van der Waals surface area contributed by atoms with Gasteiger partial charge in [0.2, 0.25) is 11.8 Å². The fraction of sp³-hybridized carbons (Fsp3) is 0.417. The van der Waals surface area contributed by atoms with Gasteiger partial charge in [-0.25, -0.2) is 0 Å². The Hall–Kier alpha value is -2.66. The number of hydrogen-bond donors (Lipinski definition) is 2. The topological polar surface area (TPSA) is 61.4 Å². The summed E-state index contributed by atoms with van der Waals surface area (Å²) in [5.41, 5.74) is 3.56. The number of rotatable bonds is 5. The van der Waals surface area contributed by atoms with Crippen molar-refractivity contribution >= 4 is 23.2 Å². The van der Waals surface area contributed by atoms with Crippen molar-refractivity contribution in [2.24, 2.45) is 0 Å². The molecule has 0 spiro atoms. The zero-order valence-corrected chi connectivity index (χ0v) is 17.0. The molecule has 0 aromatic heterocycles. The van der Waals surface area contributed by atoms with E-state index in [1.165, 1.54) is 32.1 Å². The number of carbonyl (C=O) groups excluding carboxylic acids is 2. The van der Waals surface area contributed by atoms with Crippen LogP contribution >= 0.6 is 0 Å². The normalized spacial score (nSPS) is 19.5. The quantitative estimate of drug-likeness (QED) is 0.788. The van der Waals surface area contributed by atoms with E-state index in [2.05, 4.69) is 28.6 Å². The molecule has 5 heteroatoms. The lowest BCUT2D eigenvalue weighted by Gasteiger charge is -2.32. The molecule has 1 fully saturated rings. The van der Waals surface area contributed by atoms with Crippen LogP contribution in [0.3, 0.4) is 0 Å². The predicted octanol–water partition coefficient (Wildman–Crippen LogP) is 4.52. The lowest BCUT2D eigenvalue weighted by atomic mass is 9.89. The van der Waals surface area contributed by atoms with Crippen molar-refractivity contribution < 1.29 is 9.59 Å². The highest BCUT2D eigenvalue weighted by Crippen LogP contribution is 2.33. The van der Waals surface area contributed by atoms with Gasteiger partial charge in [-0.1, -0.05) is 55.7 Å². The summed E-state index contributed by atoms with van der Waals surface area (Å²) in [4.78, 5) is 27.6. The lowest BCUT2D eigenvalue weighted by Crippen LogP contribution is -2.33. The molecule has 152 valence electrons. The smallest absolute Gasteiger partial charge is 0.232 e. The van der Waals surface area contributed by atoms with Crippen LogP contribution in [-0.2, 0) is 16.1 Å². The third-order valence-corrected chi connectivity index (χ3v) is 6.21. The minimum atomic E-state index is -0.468. The van der Waals surface area contributed by atoms with E-state index in [4.69, 9.17) is 0 Å². The van der Waals surface area contributed by atoms with E-state index in [-0.39, 0.29) is 18.2 Å². The molecule has 29 heavy (non-hydrogen) atoms. The monoisotopic (exact) mass is 391 g/mol. The van der Waals surface area contributed by atoms with E-state index in [0.29, 0.717) is 6.04 Å². The summed E-state index contributed by atoms with van der Waals surface area (Å²) in [6.45, 7) is 0.808. The number of nitrogens with one attached hydrogen (secondary N) is 2. The van der Waals surface area contributed by atoms with Gasteiger partial charge in [0.05, 0.1) is 5.92 Å². The van der Waals surface area contributed by atoms with E-state index in [9.17, 15) is 9.59 Å². The van der Waals surface area contributed by atoms with Crippen molar-refractivity contribution in [2.75, 3.05) is 17.7 Å². The Kier molecular flexibility index (Phi) is 5.95. The summed E-state index contributed by atoms with van der Waals surface area (Å²) < 4.78 is 0. The molecule has 1 aliphatic carbocycles. The van der Waals surface area contributed by atoms with Crippen molar-refractivity contribution in [2.45, 2.75) is 57.0 Å². The van der Waals surface area contributed by atoms with Crippen LogP contribution in [0.2, 0.25) is 0 Å². The Balaban J connectivity index is 1.50. The number of amides is 2. The molecule has 1 atom stereocenters. The molecule has 0 bridgehead atoms. The first-order chi connectivity index (χ1) is 14.1. The van der Waals surface area contributed by atoms with Crippen molar-refractivity contribution in [3.05, 3.63) is 59.7 Å². The number of nitrogens with zero attached hydrogens (tertiary/aromatic N) is 1. The van der Waals surface area contributed by atoms with Gasteiger partial charge in [-0.05, 0) is 43.1 Å². The van der Waals surface area contributed by atoms with Crippen LogP contribution in [0.25, 0.3) is 0 Å². The molecule has 2 amide bonds. The molecule has 0 radical (unpaired) electrons. The predicted molar refractivity (Wildman–Crippen MR) is 116 cm³/mol. The molecular formula is C24H29N3O2. The standard InChI is InChI=1S/C24H29N3O2/c1-27(18-10-3-2-4-11-18)16-17-9-5-7-13-21(17)26-24(29)20-15-23(28)25-22-14-8-6-12-19(20)22/h5-9,12-14,18,20H,2-4,10-11,15-16H2,1H3,(H,25,28)(H,26,29)/t20-/m1/s1. The molecule has 2 aromatic carbocycles. The first-order valence-corrected chi connectivity index (χ1v) is 10.6. The fourth-order valence-electron chi connectivity index (χ4n) is 4.56. The van der Waals surface area contributed by atoms with E-state index in [1.54, 1.807) is 0 Å². The first kappa shape index (κ1) is 19.6. The maximum absolute atomic E-state index is 13.1. The second-order valence-electron chi connectivity index (χ2n) is 8.25. The zero-order valence-electron chi connectivity index (χ0n) is 17.0. The van der Waals surface area contributed by atoms with E-state index >= 15 is 0 Å². The van der Waals surface area contributed by atoms with Crippen LogP contribution in [0.4, 0.5) is 11.4 Å². The second-order valence-corrected chi connectivity index (χ2v) is 8.25. The van der Waals surface area contributed by atoms with Gasteiger partial charge in [0.15, 0.2) is 0 Å². The average molecular weight is 392 g/mol. The summed E-state index contributed by atoms with van der Waals surface area (Å²) in [5, 5.41) is 5.96. The van der Waals surface area contributed by atoms with Crippen molar-refractivity contribution in [3.8, 4) is 0 Å². The van der Waals surface area contributed by atoms with Gasteiger partial charge in [-0.15, -0.1) is 0 Å². The molecule has 4 rings (SSSR count). The molecule has 0 saturated heterocycles. The highest BCUT2D eigenvalue weighted by molar-refractivity contribution is 6.05. The van der Waals surface area contributed by atoms with Gasteiger partial charge in [0.1, 0.15) is 0 Å². The largest absolute Gasteiger partial charge is 0.326 e. The zero-order chi connectivity index (χ0) is 20.2. The van der Waals surface area contributed by atoms with Crippen molar-refractivity contribution in [3.63, 3.8) is 0 Å². The third-order valence-electron chi connectivity index (χ3n) is 6.21. The molecule has 0 unspecified atom stereocenters. The van der Waals surface area contributed by atoms with Gasteiger partial charge >= 0.3 is 0 Å². The van der Waals surface area contributed by atoms with E-state index < -0.39 is 5.92 Å². The Morgan fingerprint density at radius 2 is 1.79 bits per heavy atom. The fourth-order valence-corrected chi connectivity index (χ4v) is 4.56. The molecular weight excluding hydrogens is 362 g/mol.